The number of likely N-dealkylation sites (tertiary alicyclic amines) is 1. The zero-order chi connectivity index (χ0) is 16.9. The van der Waals surface area contributed by atoms with Gasteiger partial charge in [0.15, 0.2) is 0 Å². The van der Waals surface area contributed by atoms with Crippen LogP contribution in [0.2, 0.25) is 5.02 Å². The van der Waals surface area contributed by atoms with Crippen LogP contribution in [0.4, 0.5) is 0 Å². The molecule has 0 aliphatic carbocycles. The predicted molar refractivity (Wildman–Crippen MR) is 101 cm³/mol. The average Bonchev–Trinajstić information content (AvgIpc) is 3.10. The number of hydrogen-bond donors (Lipinski definition) is 1. The number of hydrogen-bond acceptors (Lipinski definition) is 2. The van der Waals surface area contributed by atoms with Gasteiger partial charge in [0.2, 0.25) is 0 Å². The Balaban J connectivity index is 1.80. The summed E-state index contributed by atoms with van der Waals surface area (Å²) in [6, 6.07) is 15.4. The van der Waals surface area contributed by atoms with Crippen LogP contribution < -0.4 is 5.32 Å². The first-order chi connectivity index (χ1) is 11.6. The first-order valence-corrected chi connectivity index (χ1v) is 9.34. The fourth-order valence-electron chi connectivity index (χ4n) is 3.05. The molecule has 2 aromatic rings. The van der Waals surface area contributed by atoms with Gasteiger partial charge in [-0.05, 0) is 49.7 Å². The molecule has 1 heterocycles. The minimum Gasteiger partial charge on any atom is -0.344 e. The Hall–Kier alpha value is -1.36. The zero-order valence-electron chi connectivity index (χ0n) is 13.3. The Morgan fingerprint density at radius 3 is 2.58 bits per heavy atom. The highest BCUT2D eigenvalue weighted by atomic mass is 79.9. The Bertz CT molecular complexity index is 702. The lowest BCUT2D eigenvalue weighted by atomic mass is 10.1. The number of nitrogens with one attached hydrogen (secondary N) is 1. The average molecular weight is 408 g/mol. The van der Waals surface area contributed by atoms with E-state index in [1.54, 1.807) is 12.1 Å². The van der Waals surface area contributed by atoms with Crippen molar-refractivity contribution in [1.29, 1.82) is 0 Å². The molecule has 1 fully saturated rings. The van der Waals surface area contributed by atoms with E-state index < -0.39 is 0 Å². The summed E-state index contributed by atoms with van der Waals surface area (Å²) in [6.45, 7) is 3.01. The fourth-order valence-corrected chi connectivity index (χ4v) is 3.62. The van der Waals surface area contributed by atoms with Crippen molar-refractivity contribution in [2.24, 2.45) is 0 Å². The second-order valence-electron chi connectivity index (χ2n) is 6.07. The molecule has 1 saturated heterocycles. The lowest BCUT2D eigenvalue weighted by Gasteiger charge is -2.25. The molecule has 24 heavy (non-hydrogen) atoms. The summed E-state index contributed by atoms with van der Waals surface area (Å²) < 4.78 is 0.841. The summed E-state index contributed by atoms with van der Waals surface area (Å²) in [5, 5.41) is 3.62. The molecule has 3 nitrogen and oxygen atoms in total. The van der Waals surface area contributed by atoms with Crippen LogP contribution in [0.3, 0.4) is 0 Å². The van der Waals surface area contributed by atoms with Crippen molar-refractivity contribution >= 4 is 33.4 Å². The lowest BCUT2D eigenvalue weighted by molar-refractivity contribution is 0.0927. The number of amides is 1. The molecule has 0 saturated carbocycles. The maximum absolute atomic E-state index is 12.7. The monoisotopic (exact) mass is 406 g/mol. The summed E-state index contributed by atoms with van der Waals surface area (Å²) in [5.41, 5.74) is 1.61. The van der Waals surface area contributed by atoms with E-state index in [0.29, 0.717) is 10.6 Å². The van der Waals surface area contributed by atoms with Crippen molar-refractivity contribution in [2.75, 3.05) is 19.6 Å². The third-order valence-electron chi connectivity index (χ3n) is 4.32. The summed E-state index contributed by atoms with van der Waals surface area (Å²) in [7, 11) is 0. The van der Waals surface area contributed by atoms with Crippen LogP contribution in [0.5, 0.6) is 0 Å². The molecular weight excluding hydrogens is 388 g/mol. The molecule has 0 spiro atoms. The Labute approximate surface area is 156 Å². The first-order valence-electron chi connectivity index (χ1n) is 8.17. The molecule has 1 atom stereocenters. The largest absolute Gasteiger partial charge is 0.344 e. The van der Waals surface area contributed by atoms with E-state index in [0.717, 1.165) is 29.7 Å². The Morgan fingerprint density at radius 1 is 1.17 bits per heavy atom. The Kier molecular flexibility index (Phi) is 5.93. The van der Waals surface area contributed by atoms with Crippen LogP contribution in [0, 0.1) is 0 Å². The minimum atomic E-state index is -0.144. The highest BCUT2D eigenvalue weighted by molar-refractivity contribution is 9.10. The third-order valence-corrected chi connectivity index (χ3v) is 5.14. The van der Waals surface area contributed by atoms with Crippen molar-refractivity contribution in [2.45, 2.75) is 18.9 Å². The fraction of sp³-hybridized carbons (Fsp3) is 0.316. The van der Waals surface area contributed by atoms with Gasteiger partial charge in [0.25, 0.3) is 5.91 Å². The topological polar surface area (TPSA) is 32.3 Å². The molecule has 5 heteroatoms. The van der Waals surface area contributed by atoms with Crippen molar-refractivity contribution in [1.82, 2.24) is 10.2 Å². The molecule has 2 aromatic carbocycles. The van der Waals surface area contributed by atoms with Gasteiger partial charge in [0, 0.05) is 11.0 Å². The van der Waals surface area contributed by atoms with Crippen LogP contribution in [-0.4, -0.2) is 30.4 Å². The molecule has 1 amide bonds. The van der Waals surface area contributed by atoms with Crippen LogP contribution >= 0.6 is 27.5 Å². The second-order valence-corrected chi connectivity index (χ2v) is 7.39. The standard InChI is InChI=1S/C19H20BrClN2O/c20-15-8-9-17(21)16(12-15)19(24)22-18(13-23-10-4-5-11-23)14-6-2-1-3-7-14/h1-3,6-9,12,18H,4-5,10-11,13H2,(H,22,24). The van der Waals surface area contributed by atoms with E-state index in [9.17, 15) is 4.79 Å². The van der Waals surface area contributed by atoms with Gasteiger partial charge >= 0.3 is 0 Å². The van der Waals surface area contributed by atoms with E-state index in [1.165, 1.54) is 12.8 Å². The van der Waals surface area contributed by atoms with E-state index in [4.69, 9.17) is 11.6 Å². The maximum atomic E-state index is 12.7. The van der Waals surface area contributed by atoms with E-state index in [-0.39, 0.29) is 11.9 Å². The van der Waals surface area contributed by atoms with Crippen molar-refractivity contribution in [3.05, 3.63) is 69.2 Å². The molecule has 1 aliphatic rings. The zero-order valence-corrected chi connectivity index (χ0v) is 15.7. The van der Waals surface area contributed by atoms with Gasteiger partial charge in [-0.15, -0.1) is 0 Å². The van der Waals surface area contributed by atoms with E-state index in [2.05, 4.69) is 38.3 Å². The number of rotatable bonds is 5. The van der Waals surface area contributed by atoms with Gasteiger partial charge < -0.3 is 10.2 Å². The summed E-state index contributed by atoms with van der Waals surface area (Å²) in [5.74, 6) is -0.144. The van der Waals surface area contributed by atoms with Gasteiger partial charge in [-0.3, -0.25) is 4.79 Å². The van der Waals surface area contributed by atoms with Crippen molar-refractivity contribution in [3.63, 3.8) is 0 Å². The SMILES string of the molecule is O=C(NC(CN1CCCC1)c1ccccc1)c1cc(Br)ccc1Cl. The molecule has 0 radical (unpaired) electrons. The second kappa shape index (κ2) is 8.15. The highest BCUT2D eigenvalue weighted by Crippen LogP contribution is 2.23. The molecule has 1 unspecified atom stereocenters. The molecule has 0 bridgehead atoms. The third kappa shape index (κ3) is 4.38. The van der Waals surface area contributed by atoms with E-state index in [1.807, 2.05) is 24.3 Å². The van der Waals surface area contributed by atoms with Crippen molar-refractivity contribution in [3.8, 4) is 0 Å². The number of carbonyl (C=O) groups is 1. The normalized spacial score (nSPS) is 16.1. The van der Waals surface area contributed by atoms with Gasteiger partial charge in [-0.2, -0.15) is 0 Å². The minimum absolute atomic E-state index is 0.0492. The van der Waals surface area contributed by atoms with Crippen LogP contribution in [0.1, 0.15) is 34.8 Å². The van der Waals surface area contributed by atoms with Crippen LogP contribution in [0.15, 0.2) is 53.0 Å². The molecule has 1 N–H and O–H groups in total. The molecule has 3 rings (SSSR count). The first kappa shape index (κ1) is 17.5. The van der Waals surface area contributed by atoms with Gasteiger partial charge in [-0.25, -0.2) is 0 Å². The lowest BCUT2D eigenvalue weighted by Crippen LogP contribution is -2.37. The maximum Gasteiger partial charge on any atom is 0.253 e. The summed E-state index contributed by atoms with van der Waals surface area (Å²) >= 11 is 9.60. The predicted octanol–water partition coefficient (Wildman–Crippen LogP) is 4.67. The van der Waals surface area contributed by atoms with Gasteiger partial charge in [-0.1, -0.05) is 57.9 Å². The molecule has 126 valence electrons. The van der Waals surface area contributed by atoms with Crippen LogP contribution in [0.25, 0.3) is 0 Å². The smallest absolute Gasteiger partial charge is 0.253 e. The van der Waals surface area contributed by atoms with Crippen LogP contribution in [-0.2, 0) is 0 Å². The quantitative estimate of drug-likeness (QED) is 0.781. The number of carbonyl (C=O) groups excluding carboxylic acids is 1. The van der Waals surface area contributed by atoms with E-state index >= 15 is 0 Å². The molecule has 1 aliphatic heterocycles. The summed E-state index contributed by atoms with van der Waals surface area (Å²) in [6.07, 6.45) is 2.46. The van der Waals surface area contributed by atoms with Gasteiger partial charge in [0.05, 0.1) is 16.6 Å². The molecular formula is C19H20BrClN2O. The van der Waals surface area contributed by atoms with Gasteiger partial charge in [0.1, 0.15) is 0 Å². The number of benzene rings is 2. The summed E-state index contributed by atoms with van der Waals surface area (Å²) in [4.78, 5) is 15.1. The number of halogens is 2. The molecule has 0 aromatic heterocycles. The highest BCUT2D eigenvalue weighted by Gasteiger charge is 2.22. The van der Waals surface area contributed by atoms with Crippen molar-refractivity contribution < 1.29 is 4.79 Å². The Morgan fingerprint density at radius 2 is 1.88 bits per heavy atom. The number of nitrogens with zero attached hydrogens (tertiary/aromatic N) is 1.